The summed E-state index contributed by atoms with van der Waals surface area (Å²) in [7, 11) is 1.66. The zero-order valence-corrected chi connectivity index (χ0v) is 14.0. The van der Waals surface area contributed by atoms with Crippen LogP contribution in [0.1, 0.15) is 32.0 Å². The number of methoxy groups -OCH3 is 1. The van der Waals surface area contributed by atoms with E-state index in [1.54, 1.807) is 18.9 Å². The maximum absolute atomic E-state index is 12.7. The lowest BCUT2D eigenvalue weighted by molar-refractivity contribution is -0.132. The van der Waals surface area contributed by atoms with Crippen molar-refractivity contribution in [3.05, 3.63) is 29.8 Å². The minimum Gasteiger partial charge on any atom is -0.497 e. The number of ether oxygens (including phenoxy) is 1. The summed E-state index contributed by atoms with van der Waals surface area (Å²) < 4.78 is 5.20. The van der Waals surface area contributed by atoms with Crippen LogP contribution in [-0.2, 0) is 4.79 Å². The molecule has 1 saturated heterocycles. The molecule has 0 spiro atoms. The predicted octanol–water partition coefficient (Wildman–Crippen LogP) is 2.66. The van der Waals surface area contributed by atoms with Crippen molar-refractivity contribution in [3.63, 3.8) is 0 Å². The minimum absolute atomic E-state index is 0.0551. The summed E-state index contributed by atoms with van der Waals surface area (Å²) in [5.41, 5.74) is 0.630. The highest BCUT2D eigenvalue weighted by molar-refractivity contribution is 7.98. The Morgan fingerprint density at radius 3 is 2.57 bits per heavy atom. The number of hydrogen-bond acceptors (Lipinski definition) is 4. The molecule has 1 aliphatic rings. The molecule has 1 aliphatic heterocycles. The molecule has 116 valence electrons. The summed E-state index contributed by atoms with van der Waals surface area (Å²) in [6.45, 7) is 4.80. The summed E-state index contributed by atoms with van der Waals surface area (Å²) in [5.74, 6) is 1.97. The maximum atomic E-state index is 12.7. The molecule has 1 N–H and O–H groups in total. The third-order valence-electron chi connectivity index (χ3n) is 4.17. The number of hydrogen-bond donors (Lipinski definition) is 1. The molecule has 4 nitrogen and oxygen atoms in total. The van der Waals surface area contributed by atoms with Gasteiger partial charge in [0.25, 0.3) is 0 Å². The van der Waals surface area contributed by atoms with Gasteiger partial charge in [0.15, 0.2) is 0 Å². The molecule has 2 unspecified atom stereocenters. The number of benzene rings is 1. The molecule has 0 bridgehead atoms. The Balaban J connectivity index is 2.27. The van der Waals surface area contributed by atoms with Crippen LogP contribution in [0.3, 0.4) is 0 Å². The summed E-state index contributed by atoms with van der Waals surface area (Å²) >= 11 is 1.76. The van der Waals surface area contributed by atoms with Gasteiger partial charge in [-0.1, -0.05) is 19.1 Å². The number of thioether (sulfide) groups is 1. The molecule has 0 saturated carbocycles. The molecule has 1 heterocycles. The molecule has 1 aromatic carbocycles. The second-order valence-electron chi connectivity index (χ2n) is 5.50. The number of nitrogens with one attached hydrogen (secondary N) is 1. The Morgan fingerprint density at radius 2 is 2.05 bits per heavy atom. The van der Waals surface area contributed by atoms with E-state index < -0.39 is 5.54 Å². The fourth-order valence-electron chi connectivity index (χ4n) is 2.60. The highest BCUT2D eigenvalue weighted by Gasteiger charge is 2.46. The highest BCUT2D eigenvalue weighted by atomic mass is 32.2. The molecule has 1 aromatic rings. The monoisotopic (exact) mass is 308 g/mol. The quantitative estimate of drug-likeness (QED) is 0.877. The zero-order valence-electron chi connectivity index (χ0n) is 13.2. The van der Waals surface area contributed by atoms with Crippen LogP contribution in [0, 0.1) is 0 Å². The highest BCUT2D eigenvalue weighted by Crippen LogP contribution is 2.33. The van der Waals surface area contributed by atoms with Crippen LogP contribution in [0.5, 0.6) is 5.75 Å². The Bertz CT molecular complexity index is 492. The molecule has 21 heavy (non-hydrogen) atoms. The van der Waals surface area contributed by atoms with E-state index in [1.165, 1.54) is 0 Å². The fourth-order valence-corrected chi connectivity index (χ4v) is 2.98. The second-order valence-corrected chi connectivity index (χ2v) is 6.48. The van der Waals surface area contributed by atoms with E-state index in [2.05, 4.69) is 11.6 Å². The molecular formula is C16H24N2O2S. The number of amides is 1. The van der Waals surface area contributed by atoms with E-state index >= 15 is 0 Å². The van der Waals surface area contributed by atoms with Crippen LogP contribution in [0.25, 0.3) is 0 Å². The van der Waals surface area contributed by atoms with Crippen LogP contribution in [0.2, 0.25) is 0 Å². The largest absolute Gasteiger partial charge is 0.497 e. The van der Waals surface area contributed by atoms with Crippen molar-refractivity contribution in [3.8, 4) is 5.75 Å². The van der Waals surface area contributed by atoms with E-state index in [0.717, 1.165) is 30.0 Å². The van der Waals surface area contributed by atoms with Crippen molar-refractivity contribution < 1.29 is 9.53 Å². The zero-order chi connectivity index (χ0) is 15.5. The van der Waals surface area contributed by atoms with Gasteiger partial charge in [0.05, 0.1) is 12.6 Å². The SMILES string of the molecule is CCC1(C)NC(c2ccc(OC)cc2)N(CCSC)C1=O. The van der Waals surface area contributed by atoms with Crippen molar-refractivity contribution in [1.29, 1.82) is 0 Å². The third-order valence-corrected chi connectivity index (χ3v) is 4.77. The van der Waals surface area contributed by atoms with Crippen molar-refractivity contribution in [1.82, 2.24) is 10.2 Å². The summed E-state index contributed by atoms with van der Waals surface area (Å²) in [5, 5.41) is 3.51. The lowest BCUT2D eigenvalue weighted by Gasteiger charge is -2.24. The maximum Gasteiger partial charge on any atom is 0.244 e. The predicted molar refractivity (Wildman–Crippen MR) is 87.7 cm³/mol. The van der Waals surface area contributed by atoms with Crippen LogP contribution in [0.15, 0.2) is 24.3 Å². The number of carbonyl (C=O) groups excluding carboxylic acids is 1. The molecule has 1 amide bonds. The van der Waals surface area contributed by atoms with Gasteiger partial charge in [-0.2, -0.15) is 11.8 Å². The number of nitrogens with zero attached hydrogens (tertiary/aromatic N) is 1. The fraction of sp³-hybridized carbons (Fsp3) is 0.562. The van der Waals surface area contributed by atoms with Crippen LogP contribution >= 0.6 is 11.8 Å². The molecular weight excluding hydrogens is 284 g/mol. The number of rotatable bonds is 6. The Labute approximate surface area is 131 Å². The van der Waals surface area contributed by atoms with Crippen LogP contribution in [-0.4, -0.2) is 42.0 Å². The average molecular weight is 308 g/mol. The number of carbonyl (C=O) groups is 1. The molecule has 0 aromatic heterocycles. The van der Waals surface area contributed by atoms with E-state index in [4.69, 9.17) is 4.74 Å². The first kappa shape index (κ1) is 16.2. The van der Waals surface area contributed by atoms with Crippen molar-refractivity contribution >= 4 is 17.7 Å². The van der Waals surface area contributed by atoms with Gasteiger partial charge in [0, 0.05) is 12.3 Å². The molecule has 1 fully saturated rings. The van der Waals surface area contributed by atoms with Gasteiger partial charge in [-0.15, -0.1) is 0 Å². The summed E-state index contributed by atoms with van der Waals surface area (Å²) in [4.78, 5) is 14.7. The van der Waals surface area contributed by atoms with Gasteiger partial charge in [0.1, 0.15) is 11.9 Å². The normalized spacial score (nSPS) is 25.4. The van der Waals surface area contributed by atoms with Gasteiger partial charge in [-0.25, -0.2) is 0 Å². The molecule has 2 rings (SSSR count). The third kappa shape index (κ3) is 3.19. The first-order valence-corrected chi connectivity index (χ1v) is 8.66. The first-order chi connectivity index (χ1) is 10.1. The van der Waals surface area contributed by atoms with Crippen LogP contribution < -0.4 is 10.1 Å². The van der Waals surface area contributed by atoms with Crippen molar-refractivity contribution in [2.24, 2.45) is 0 Å². The van der Waals surface area contributed by atoms with E-state index in [1.807, 2.05) is 43.0 Å². The van der Waals surface area contributed by atoms with Crippen LogP contribution in [0.4, 0.5) is 0 Å². The Kier molecular flexibility index (Phi) is 5.17. The molecule has 2 atom stereocenters. The minimum atomic E-state index is -0.469. The van der Waals surface area contributed by atoms with E-state index in [-0.39, 0.29) is 12.1 Å². The van der Waals surface area contributed by atoms with Gasteiger partial charge in [-0.05, 0) is 37.3 Å². The van der Waals surface area contributed by atoms with E-state index in [9.17, 15) is 4.79 Å². The van der Waals surface area contributed by atoms with Gasteiger partial charge in [0.2, 0.25) is 5.91 Å². The lowest BCUT2D eigenvalue weighted by atomic mass is 9.99. The van der Waals surface area contributed by atoms with Crippen molar-refractivity contribution in [2.75, 3.05) is 25.7 Å². The summed E-state index contributed by atoms with van der Waals surface area (Å²) in [6.07, 6.45) is 2.80. The van der Waals surface area contributed by atoms with Crippen molar-refractivity contribution in [2.45, 2.75) is 32.0 Å². The Hall–Kier alpha value is -1.20. The van der Waals surface area contributed by atoms with E-state index in [0.29, 0.717) is 0 Å². The lowest BCUT2D eigenvalue weighted by Crippen LogP contribution is -2.43. The smallest absolute Gasteiger partial charge is 0.244 e. The molecule has 0 aliphatic carbocycles. The average Bonchev–Trinajstić information content (AvgIpc) is 2.78. The van der Waals surface area contributed by atoms with Gasteiger partial charge in [-0.3, -0.25) is 10.1 Å². The summed E-state index contributed by atoms with van der Waals surface area (Å²) in [6, 6.07) is 7.93. The molecule has 0 radical (unpaired) electrons. The standard InChI is InChI=1S/C16H24N2O2S/c1-5-16(2)15(19)18(10-11-21-4)14(17-16)12-6-8-13(20-3)9-7-12/h6-9,14,17H,5,10-11H2,1-4H3. The first-order valence-electron chi connectivity index (χ1n) is 7.27. The van der Waals surface area contributed by atoms with Gasteiger partial charge < -0.3 is 9.64 Å². The molecule has 5 heteroatoms. The topological polar surface area (TPSA) is 41.6 Å². The second kappa shape index (κ2) is 6.71. The van der Waals surface area contributed by atoms with Gasteiger partial charge >= 0.3 is 0 Å². The Morgan fingerprint density at radius 1 is 1.38 bits per heavy atom.